The van der Waals surface area contributed by atoms with Crippen molar-refractivity contribution in [3.05, 3.63) is 68.9 Å². The van der Waals surface area contributed by atoms with Crippen molar-refractivity contribution in [3.63, 3.8) is 0 Å². The molecule has 0 aliphatic carbocycles. The van der Waals surface area contributed by atoms with Gasteiger partial charge >= 0.3 is 0 Å². The highest BCUT2D eigenvalue weighted by Gasteiger charge is 2.12. The maximum atomic E-state index is 12.8. The second-order valence-corrected chi connectivity index (χ2v) is 6.25. The van der Waals surface area contributed by atoms with Crippen molar-refractivity contribution >= 4 is 34.1 Å². The summed E-state index contributed by atoms with van der Waals surface area (Å²) in [7, 11) is 0. The second kappa shape index (κ2) is 7.39. The first-order valence-electron chi connectivity index (χ1n) is 7.34. The maximum Gasteiger partial charge on any atom is 0.261 e. The average molecular weight is 383 g/mol. The summed E-state index contributed by atoms with van der Waals surface area (Å²) in [6.07, 6.45) is 0.350. The summed E-state index contributed by atoms with van der Waals surface area (Å²) in [6, 6.07) is 8.41. The van der Waals surface area contributed by atoms with Crippen LogP contribution in [0.3, 0.4) is 0 Å². The fraction of sp³-hybridized carbons (Fsp3) is 0.176. The molecule has 1 heterocycles. The van der Waals surface area contributed by atoms with Gasteiger partial charge in [-0.15, -0.1) is 0 Å². The molecule has 25 heavy (non-hydrogen) atoms. The van der Waals surface area contributed by atoms with Crippen molar-refractivity contribution in [1.29, 1.82) is 0 Å². The average Bonchev–Trinajstić information content (AvgIpc) is 2.57. The molecule has 1 N–H and O–H groups in total. The van der Waals surface area contributed by atoms with Crippen LogP contribution < -0.4 is 10.3 Å². The fourth-order valence-electron chi connectivity index (χ4n) is 2.33. The summed E-state index contributed by atoms with van der Waals surface area (Å²) in [4.78, 5) is 16.6. The Morgan fingerprint density at radius 3 is 2.68 bits per heavy atom. The van der Waals surface area contributed by atoms with Gasteiger partial charge in [0.1, 0.15) is 24.3 Å². The smallest absolute Gasteiger partial charge is 0.261 e. The Balaban J connectivity index is 1.74. The quantitative estimate of drug-likeness (QED) is 0.735. The molecule has 2 aromatic carbocycles. The van der Waals surface area contributed by atoms with Gasteiger partial charge in [-0.2, -0.15) is 0 Å². The monoisotopic (exact) mass is 382 g/mol. The number of ether oxygens (including phenoxy) is 1. The van der Waals surface area contributed by atoms with Gasteiger partial charge in [0.2, 0.25) is 0 Å². The molecule has 0 aliphatic rings. The number of fused-ring (bicyclic) bond motifs is 1. The first-order valence-corrected chi connectivity index (χ1v) is 8.10. The zero-order valence-corrected chi connectivity index (χ0v) is 14.3. The molecule has 0 radical (unpaired) electrons. The van der Waals surface area contributed by atoms with Crippen molar-refractivity contribution in [1.82, 2.24) is 9.55 Å². The van der Waals surface area contributed by atoms with Gasteiger partial charge in [-0.1, -0.05) is 23.2 Å². The number of rotatable bonds is 5. The topological polar surface area (TPSA) is 64.4 Å². The van der Waals surface area contributed by atoms with E-state index in [0.717, 1.165) is 0 Å². The van der Waals surface area contributed by atoms with Gasteiger partial charge in [0.15, 0.2) is 0 Å². The minimum absolute atomic E-state index is 0.0207. The number of benzene rings is 2. The lowest BCUT2D eigenvalue weighted by Gasteiger charge is -2.14. The van der Waals surface area contributed by atoms with E-state index >= 15 is 0 Å². The number of aromatic nitrogens is 2. The van der Waals surface area contributed by atoms with Gasteiger partial charge in [0.25, 0.3) is 5.56 Å². The summed E-state index contributed by atoms with van der Waals surface area (Å²) in [6.45, 7) is -0.0838. The summed E-state index contributed by atoms with van der Waals surface area (Å²) in [5, 5.41) is 11.0. The van der Waals surface area contributed by atoms with Crippen LogP contribution in [0.25, 0.3) is 10.9 Å². The van der Waals surface area contributed by atoms with Crippen LogP contribution in [0, 0.1) is 5.82 Å². The van der Waals surface area contributed by atoms with Gasteiger partial charge in [-0.25, -0.2) is 9.37 Å². The summed E-state index contributed by atoms with van der Waals surface area (Å²) in [5.41, 5.74) is -0.0143. The van der Waals surface area contributed by atoms with E-state index in [1.54, 1.807) is 0 Å². The minimum atomic E-state index is -0.961. The Morgan fingerprint density at radius 2 is 1.96 bits per heavy atom. The van der Waals surface area contributed by atoms with Gasteiger partial charge in [0.05, 0.1) is 28.8 Å². The zero-order valence-electron chi connectivity index (χ0n) is 12.8. The summed E-state index contributed by atoms with van der Waals surface area (Å²) < 4.78 is 19.5. The highest BCUT2D eigenvalue weighted by Crippen LogP contribution is 2.24. The fourth-order valence-corrected chi connectivity index (χ4v) is 2.87. The molecule has 0 fully saturated rings. The van der Waals surface area contributed by atoms with Gasteiger partial charge in [-0.05, 0) is 36.4 Å². The molecular weight excluding hydrogens is 370 g/mol. The number of nitrogens with zero attached hydrogens (tertiary/aromatic N) is 2. The maximum absolute atomic E-state index is 12.8. The second-order valence-electron chi connectivity index (χ2n) is 5.40. The van der Waals surface area contributed by atoms with Crippen molar-refractivity contribution in [2.24, 2.45) is 0 Å². The molecule has 5 nitrogen and oxygen atoms in total. The molecule has 130 valence electrons. The molecule has 3 rings (SSSR count). The molecule has 1 unspecified atom stereocenters. The predicted molar refractivity (Wildman–Crippen MR) is 93.9 cm³/mol. The molecule has 0 spiro atoms. The number of aliphatic hydroxyl groups excluding tert-OH is 1. The van der Waals surface area contributed by atoms with Crippen molar-refractivity contribution in [2.45, 2.75) is 12.6 Å². The van der Waals surface area contributed by atoms with Crippen LogP contribution in [-0.4, -0.2) is 27.4 Å². The van der Waals surface area contributed by atoms with Crippen LogP contribution in [0.5, 0.6) is 5.75 Å². The number of halogens is 3. The standard InChI is InChI=1S/C17H13Cl2FN2O3/c18-10-5-14-16(15(19)6-10)21-9-22(17(14)24)7-12(23)8-25-13-3-1-11(20)2-4-13/h1-6,9,12,23H,7-8H2. The molecule has 8 heteroatoms. The van der Waals surface area contributed by atoms with Crippen LogP contribution in [0.4, 0.5) is 4.39 Å². The van der Waals surface area contributed by atoms with E-state index in [9.17, 15) is 14.3 Å². The third-order valence-corrected chi connectivity index (χ3v) is 4.02. The molecule has 1 aromatic heterocycles. The number of aliphatic hydroxyl groups is 1. The van der Waals surface area contributed by atoms with E-state index < -0.39 is 6.10 Å². The molecular formula is C17H13Cl2FN2O3. The van der Waals surface area contributed by atoms with Crippen LogP contribution in [-0.2, 0) is 6.54 Å². The zero-order chi connectivity index (χ0) is 18.0. The van der Waals surface area contributed by atoms with Gasteiger partial charge < -0.3 is 9.84 Å². The van der Waals surface area contributed by atoms with Crippen molar-refractivity contribution in [3.8, 4) is 5.75 Å². The third-order valence-electron chi connectivity index (χ3n) is 3.51. The van der Waals surface area contributed by atoms with Gasteiger partial charge in [-0.3, -0.25) is 9.36 Å². The molecule has 0 aliphatic heterocycles. The Labute approximate surface area is 152 Å². The number of hydrogen-bond acceptors (Lipinski definition) is 4. The predicted octanol–water partition coefficient (Wildman–Crippen LogP) is 3.28. The summed E-state index contributed by atoms with van der Waals surface area (Å²) in [5.74, 6) is 0.0435. The molecule has 1 atom stereocenters. The lowest BCUT2D eigenvalue weighted by Crippen LogP contribution is -2.30. The van der Waals surface area contributed by atoms with Gasteiger partial charge in [0, 0.05) is 5.02 Å². The minimum Gasteiger partial charge on any atom is -0.491 e. The first kappa shape index (κ1) is 17.7. The Morgan fingerprint density at radius 1 is 1.24 bits per heavy atom. The first-order chi connectivity index (χ1) is 11.9. The van der Waals surface area contributed by atoms with Crippen LogP contribution in [0.2, 0.25) is 10.0 Å². The molecule has 3 aromatic rings. The highest BCUT2D eigenvalue weighted by molar-refractivity contribution is 6.38. The van der Waals surface area contributed by atoms with E-state index in [4.69, 9.17) is 27.9 Å². The molecule has 0 saturated carbocycles. The van der Waals surface area contributed by atoms with E-state index in [0.29, 0.717) is 16.3 Å². The SMILES string of the molecule is O=c1c2cc(Cl)cc(Cl)c2ncn1CC(O)COc1ccc(F)cc1. The van der Waals surface area contributed by atoms with Crippen LogP contribution in [0.15, 0.2) is 47.5 Å². The van der Waals surface area contributed by atoms with E-state index in [1.165, 1.54) is 47.3 Å². The van der Waals surface area contributed by atoms with Crippen molar-refractivity contribution in [2.75, 3.05) is 6.61 Å². The van der Waals surface area contributed by atoms with Crippen LogP contribution >= 0.6 is 23.2 Å². The lowest BCUT2D eigenvalue weighted by atomic mass is 10.2. The summed E-state index contributed by atoms with van der Waals surface area (Å²) >= 11 is 12.0. The normalized spacial score (nSPS) is 12.3. The Hall–Kier alpha value is -2.15. The largest absolute Gasteiger partial charge is 0.491 e. The molecule has 0 saturated heterocycles. The van der Waals surface area contributed by atoms with Crippen LogP contribution in [0.1, 0.15) is 0 Å². The third kappa shape index (κ3) is 4.10. The molecule has 0 bridgehead atoms. The Kier molecular flexibility index (Phi) is 5.22. The van der Waals surface area contributed by atoms with E-state index in [-0.39, 0.29) is 34.9 Å². The van der Waals surface area contributed by atoms with E-state index in [1.807, 2.05) is 0 Å². The van der Waals surface area contributed by atoms with E-state index in [2.05, 4.69) is 4.98 Å². The highest BCUT2D eigenvalue weighted by atomic mass is 35.5. The number of hydrogen-bond donors (Lipinski definition) is 1. The molecule has 0 amide bonds. The Bertz CT molecular complexity index is 961. The van der Waals surface area contributed by atoms with Crippen molar-refractivity contribution < 1.29 is 14.2 Å². The lowest BCUT2D eigenvalue weighted by molar-refractivity contribution is 0.0914.